The van der Waals surface area contributed by atoms with E-state index in [-0.39, 0.29) is 0 Å². The maximum atomic E-state index is 5.93. The summed E-state index contributed by atoms with van der Waals surface area (Å²) < 4.78 is 5.59. The number of nitrogens with two attached hydrogens (primary N) is 1. The van der Waals surface area contributed by atoms with E-state index in [2.05, 4.69) is 16.8 Å². The zero-order valence-corrected chi connectivity index (χ0v) is 10.9. The highest BCUT2D eigenvalue weighted by Crippen LogP contribution is 2.28. The molecule has 0 bridgehead atoms. The summed E-state index contributed by atoms with van der Waals surface area (Å²) in [5, 5.41) is 0. The lowest BCUT2D eigenvalue weighted by Crippen LogP contribution is -2.40. The van der Waals surface area contributed by atoms with E-state index in [1.165, 1.54) is 5.56 Å². The number of piperidine rings is 1. The highest BCUT2D eigenvalue weighted by molar-refractivity contribution is 5.42. The summed E-state index contributed by atoms with van der Waals surface area (Å²) in [5.74, 6) is 1.62. The number of aryl methyl sites for hydroxylation is 1. The summed E-state index contributed by atoms with van der Waals surface area (Å²) in [4.78, 5) is 11.5. The van der Waals surface area contributed by atoms with Crippen molar-refractivity contribution in [3.8, 4) is 5.88 Å². The molecule has 1 saturated heterocycles. The summed E-state index contributed by atoms with van der Waals surface area (Å²) >= 11 is 0. The van der Waals surface area contributed by atoms with Crippen molar-refractivity contribution < 1.29 is 4.74 Å². The standard InChI is InChI=1S/C13H20N4O/c1-2-11-10-5-8-18-12(10)16-13(15-11)17-6-3-9(14)4-7-17/h9H,2-8,14H2,1H3. The second-order valence-corrected chi connectivity index (χ2v) is 5.03. The average molecular weight is 248 g/mol. The van der Waals surface area contributed by atoms with Crippen LogP contribution in [0.4, 0.5) is 5.95 Å². The van der Waals surface area contributed by atoms with Gasteiger partial charge in [-0.3, -0.25) is 0 Å². The van der Waals surface area contributed by atoms with Crippen LogP contribution in [0, 0.1) is 0 Å². The zero-order valence-electron chi connectivity index (χ0n) is 10.9. The Balaban J connectivity index is 1.88. The first-order valence-corrected chi connectivity index (χ1v) is 6.81. The largest absolute Gasteiger partial charge is 0.477 e. The predicted octanol–water partition coefficient (Wildman–Crippen LogP) is 0.901. The molecule has 3 heterocycles. The molecule has 1 aromatic heterocycles. The Kier molecular flexibility index (Phi) is 3.07. The van der Waals surface area contributed by atoms with E-state index in [1.807, 2.05) is 0 Å². The molecule has 0 aromatic carbocycles. The van der Waals surface area contributed by atoms with E-state index < -0.39 is 0 Å². The van der Waals surface area contributed by atoms with Gasteiger partial charge in [-0.05, 0) is 19.3 Å². The Morgan fingerprint density at radius 3 is 2.83 bits per heavy atom. The first kappa shape index (κ1) is 11.7. The van der Waals surface area contributed by atoms with Crippen molar-refractivity contribution in [3.63, 3.8) is 0 Å². The number of rotatable bonds is 2. The molecule has 1 fully saturated rings. The van der Waals surface area contributed by atoms with Gasteiger partial charge < -0.3 is 15.4 Å². The van der Waals surface area contributed by atoms with Gasteiger partial charge in [-0.15, -0.1) is 0 Å². The molecule has 2 aliphatic heterocycles. The van der Waals surface area contributed by atoms with Gasteiger partial charge in [-0.1, -0.05) is 6.92 Å². The van der Waals surface area contributed by atoms with Crippen molar-refractivity contribution in [1.29, 1.82) is 0 Å². The number of hydrogen-bond acceptors (Lipinski definition) is 5. The highest BCUT2D eigenvalue weighted by atomic mass is 16.5. The molecule has 5 heteroatoms. The van der Waals surface area contributed by atoms with Crippen molar-refractivity contribution in [2.45, 2.75) is 38.6 Å². The first-order chi connectivity index (χ1) is 8.78. The summed E-state index contributed by atoms with van der Waals surface area (Å²) in [6.45, 7) is 4.77. The molecule has 1 aromatic rings. The van der Waals surface area contributed by atoms with Crippen LogP contribution in [0.5, 0.6) is 5.88 Å². The third-order valence-corrected chi connectivity index (χ3v) is 3.79. The van der Waals surface area contributed by atoms with E-state index in [9.17, 15) is 0 Å². The van der Waals surface area contributed by atoms with Crippen LogP contribution in [0.25, 0.3) is 0 Å². The number of fused-ring (bicyclic) bond motifs is 1. The topological polar surface area (TPSA) is 64.3 Å². The predicted molar refractivity (Wildman–Crippen MR) is 70.0 cm³/mol. The van der Waals surface area contributed by atoms with E-state index in [4.69, 9.17) is 15.5 Å². The quantitative estimate of drug-likeness (QED) is 0.842. The van der Waals surface area contributed by atoms with Crippen LogP contribution in [0.3, 0.4) is 0 Å². The third-order valence-electron chi connectivity index (χ3n) is 3.79. The fourth-order valence-electron chi connectivity index (χ4n) is 2.65. The second kappa shape index (κ2) is 4.72. The fourth-order valence-corrected chi connectivity index (χ4v) is 2.65. The monoisotopic (exact) mass is 248 g/mol. The molecule has 0 radical (unpaired) electrons. The van der Waals surface area contributed by atoms with Gasteiger partial charge in [0, 0.05) is 31.1 Å². The fraction of sp³-hybridized carbons (Fsp3) is 0.692. The second-order valence-electron chi connectivity index (χ2n) is 5.03. The molecule has 2 N–H and O–H groups in total. The normalized spacial score (nSPS) is 19.8. The van der Waals surface area contributed by atoms with E-state index in [1.54, 1.807) is 0 Å². The van der Waals surface area contributed by atoms with Crippen molar-refractivity contribution in [2.75, 3.05) is 24.6 Å². The molecule has 2 aliphatic rings. The van der Waals surface area contributed by atoms with Gasteiger partial charge in [0.1, 0.15) is 0 Å². The van der Waals surface area contributed by atoms with Gasteiger partial charge >= 0.3 is 0 Å². The smallest absolute Gasteiger partial charge is 0.228 e. The summed E-state index contributed by atoms with van der Waals surface area (Å²) in [7, 11) is 0. The minimum Gasteiger partial charge on any atom is -0.477 e. The molecule has 0 unspecified atom stereocenters. The molecule has 18 heavy (non-hydrogen) atoms. The van der Waals surface area contributed by atoms with Crippen molar-refractivity contribution in [3.05, 3.63) is 11.3 Å². The van der Waals surface area contributed by atoms with Crippen LogP contribution in [-0.2, 0) is 12.8 Å². The van der Waals surface area contributed by atoms with E-state index >= 15 is 0 Å². The number of nitrogens with zero attached hydrogens (tertiary/aromatic N) is 3. The summed E-state index contributed by atoms with van der Waals surface area (Å²) in [6, 6.07) is 0.331. The Labute approximate surface area is 107 Å². The highest BCUT2D eigenvalue weighted by Gasteiger charge is 2.24. The lowest BCUT2D eigenvalue weighted by atomic mass is 10.1. The minimum absolute atomic E-state index is 0.331. The number of anilines is 1. The number of aromatic nitrogens is 2. The Morgan fingerprint density at radius 2 is 2.11 bits per heavy atom. The van der Waals surface area contributed by atoms with Crippen LogP contribution in [0.1, 0.15) is 31.0 Å². The molecule has 0 atom stereocenters. The average Bonchev–Trinajstić information content (AvgIpc) is 2.86. The first-order valence-electron chi connectivity index (χ1n) is 6.81. The Morgan fingerprint density at radius 1 is 1.33 bits per heavy atom. The SMILES string of the molecule is CCc1nc(N2CCC(N)CC2)nc2c1CCO2. The zero-order chi connectivity index (χ0) is 12.5. The van der Waals surface area contributed by atoms with Crippen LogP contribution >= 0.6 is 0 Å². The van der Waals surface area contributed by atoms with Crippen molar-refractivity contribution in [2.24, 2.45) is 5.73 Å². The van der Waals surface area contributed by atoms with Crippen molar-refractivity contribution >= 4 is 5.95 Å². The third kappa shape index (κ3) is 2.03. The summed E-state index contributed by atoms with van der Waals surface area (Å²) in [6.07, 6.45) is 3.92. The molecule has 0 saturated carbocycles. The van der Waals surface area contributed by atoms with Crippen LogP contribution in [0.2, 0.25) is 0 Å². The summed E-state index contributed by atoms with van der Waals surface area (Å²) in [5.41, 5.74) is 8.27. The maximum absolute atomic E-state index is 5.93. The maximum Gasteiger partial charge on any atom is 0.228 e. The lowest BCUT2D eigenvalue weighted by molar-refractivity contribution is 0.344. The minimum atomic E-state index is 0.331. The Hall–Kier alpha value is -1.36. The molecule has 98 valence electrons. The van der Waals surface area contributed by atoms with Crippen LogP contribution in [-0.4, -0.2) is 35.7 Å². The van der Waals surface area contributed by atoms with Gasteiger partial charge in [-0.25, -0.2) is 4.98 Å². The van der Waals surface area contributed by atoms with Gasteiger partial charge in [-0.2, -0.15) is 4.98 Å². The van der Waals surface area contributed by atoms with Crippen LogP contribution < -0.4 is 15.4 Å². The lowest BCUT2D eigenvalue weighted by Gasteiger charge is -2.30. The van der Waals surface area contributed by atoms with Gasteiger partial charge in [0.05, 0.1) is 12.3 Å². The molecule has 0 spiro atoms. The van der Waals surface area contributed by atoms with Crippen LogP contribution in [0.15, 0.2) is 0 Å². The molecule has 0 aliphatic carbocycles. The van der Waals surface area contributed by atoms with E-state index in [0.717, 1.165) is 62.9 Å². The Bertz CT molecular complexity index is 441. The van der Waals surface area contributed by atoms with Gasteiger partial charge in [0.15, 0.2) is 0 Å². The van der Waals surface area contributed by atoms with Gasteiger partial charge in [0.2, 0.25) is 11.8 Å². The molecular formula is C13H20N4O. The van der Waals surface area contributed by atoms with Crippen molar-refractivity contribution in [1.82, 2.24) is 9.97 Å². The number of hydrogen-bond donors (Lipinski definition) is 1. The number of ether oxygens (including phenoxy) is 1. The molecule has 0 amide bonds. The molecular weight excluding hydrogens is 228 g/mol. The van der Waals surface area contributed by atoms with Gasteiger partial charge in [0.25, 0.3) is 0 Å². The molecule has 3 rings (SSSR count). The van der Waals surface area contributed by atoms with E-state index in [0.29, 0.717) is 6.04 Å². The molecule has 5 nitrogen and oxygen atoms in total.